The number of benzene rings is 1. The Bertz CT molecular complexity index is 673. The van der Waals surface area contributed by atoms with Crippen molar-refractivity contribution in [2.75, 3.05) is 37.7 Å². The molecule has 3 rings (SSSR count). The molecule has 0 spiro atoms. The highest BCUT2D eigenvalue weighted by molar-refractivity contribution is 6.30. The van der Waals surface area contributed by atoms with Gasteiger partial charge < -0.3 is 14.5 Å². The lowest BCUT2D eigenvalue weighted by atomic mass is 10.2. The number of pyridine rings is 1. The van der Waals surface area contributed by atoms with E-state index in [1.807, 2.05) is 41.3 Å². The van der Waals surface area contributed by atoms with Crippen molar-refractivity contribution in [3.63, 3.8) is 0 Å². The van der Waals surface area contributed by atoms with Crippen molar-refractivity contribution >= 4 is 23.3 Å². The van der Waals surface area contributed by atoms with Crippen LogP contribution in [-0.4, -0.2) is 48.6 Å². The number of hydrogen-bond donors (Lipinski definition) is 0. The van der Waals surface area contributed by atoms with Gasteiger partial charge in [0.15, 0.2) is 0 Å². The molecule has 0 bridgehead atoms. The van der Waals surface area contributed by atoms with Crippen LogP contribution in [0.1, 0.15) is 5.56 Å². The summed E-state index contributed by atoms with van der Waals surface area (Å²) in [4.78, 5) is 20.5. The van der Waals surface area contributed by atoms with Gasteiger partial charge in [0.2, 0.25) is 5.91 Å². The Balaban J connectivity index is 1.43. The molecule has 0 aliphatic carbocycles. The Morgan fingerprint density at radius 2 is 1.88 bits per heavy atom. The molecular weight excluding hydrogens is 326 g/mol. The Morgan fingerprint density at radius 1 is 1.12 bits per heavy atom. The first-order valence-electron chi connectivity index (χ1n) is 7.98. The monoisotopic (exact) mass is 345 g/mol. The van der Waals surface area contributed by atoms with Crippen molar-refractivity contribution in [3.05, 3.63) is 59.2 Å². The van der Waals surface area contributed by atoms with Crippen LogP contribution in [0.3, 0.4) is 0 Å². The summed E-state index contributed by atoms with van der Waals surface area (Å²) >= 11 is 6.00. The van der Waals surface area contributed by atoms with Crippen LogP contribution in [0.5, 0.6) is 0 Å². The Hall–Kier alpha value is -2.11. The summed E-state index contributed by atoms with van der Waals surface area (Å²) in [5, 5.41) is 0.674. The second kappa shape index (κ2) is 8.13. The zero-order valence-electron chi connectivity index (χ0n) is 13.4. The fourth-order valence-corrected chi connectivity index (χ4v) is 2.83. The average Bonchev–Trinajstić information content (AvgIpc) is 2.63. The van der Waals surface area contributed by atoms with E-state index >= 15 is 0 Å². The summed E-state index contributed by atoms with van der Waals surface area (Å²) in [6.45, 7) is 3.41. The summed E-state index contributed by atoms with van der Waals surface area (Å²) in [5.41, 5.74) is 1.07. The molecule has 5 nitrogen and oxygen atoms in total. The molecule has 126 valence electrons. The van der Waals surface area contributed by atoms with E-state index in [0.29, 0.717) is 24.7 Å². The lowest BCUT2D eigenvalue weighted by Crippen LogP contribution is -2.50. The van der Waals surface area contributed by atoms with Crippen LogP contribution in [0, 0.1) is 0 Å². The van der Waals surface area contributed by atoms with Crippen molar-refractivity contribution in [1.82, 2.24) is 9.88 Å². The number of ether oxygens (including phenoxy) is 1. The molecule has 2 heterocycles. The summed E-state index contributed by atoms with van der Waals surface area (Å²) < 4.78 is 5.53. The van der Waals surface area contributed by atoms with Gasteiger partial charge in [-0.25, -0.2) is 4.98 Å². The molecule has 0 atom stereocenters. The molecule has 1 amide bonds. The molecule has 1 saturated heterocycles. The van der Waals surface area contributed by atoms with Crippen molar-refractivity contribution in [3.8, 4) is 0 Å². The Morgan fingerprint density at radius 3 is 2.58 bits per heavy atom. The third-order valence-corrected chi connectivity index (χ3v) is 4.24. The highest BCUT2D eigenvalue weighted by atomic mass is 35.5. The van der Waals surface area contributed by atoms with Gasteiger partial charge in [0, 0.05) is 37.4 Å². The van der Waals surface area contributed by atoms with Crippen LogP contribution >= 0.6 is 11.6 Å². The van der Waals surface area contributed by atoms with Crippen LogP contribution in [0.2, 0.25) is 5.02 Å². The topological polar surface area (TPSA) is 45.7 Å². The molecule has 1 aliphatic heterocycles. The standard InChI is InChI=1S/C18H20ClN3O2/c19-16-6-7-20-17(12-16)21-8-10-22(11-9-21)18(23)14-24-13-15-4-2-1-3-5-15/h1-7,12H,8-11,13-14H2. The molecule has 0 unspecified atom stereocenters. The first-order chi connectivity index (χ1) is 11.7. The summed E-state index contributed by atoms with van der Waals surface area (Å²) in [5.74, 6) is 0.888. The molecule has 24 heavy (non-hydrogen) atoms. The van der Waals surface area contributed by atoms with Crippen LogP contribution < -0.4 is 4.90 Å². The van der Waals surface area contributed by atoms with Crippen molar-refractivity contribution < 1.29 is 9.53 Å². The van der Waals surface area contributed by atoms with Crippen molar-refractivity contribution in [1.29, 1.82) is 0 Å². The van der Waals surface area contributed by atoms with Crippen molar-refractivity contribution in [2.24, 2.45) is 0 Å². The number of nitrogens with zero attached hydrogens (tertiary/aromatic N) is 3. The minimum Gasteiger partial charge on any atom is -0.367 e. The molecule has 0 N–H and O–H groups in total. The van der Waals surface area contributed by atoms with Gasteiger partial charge in [-0.05, 0) is 17.7 Å². The van der Waals surface area contributed by atoms with Crippen LogP contribution in [0.25, 0.3) is 0 Å². The fourth-order valence-electron chi connectivity index (χ4n) is 2.67. The molecule has 6 heteroatoms. The van der Waals surface area contributed by atoms with E-state index in [1.165, 1.54) is 0 Å². The van der Waals surface area contributed by atoms with Gasteiger partial charge in [-0.15, -0.1) is 0 Å². The van der Waals surface area contributed by atoms with Crippen LogP contribution in [0.4, 0.5) is 5.82 Å². The second-order valence-electron chi connectivity index (χ2n) is 5.68. The molecule has 1 aromatic carbocycles. The third kappa shape index (κ3) is 4.46. The quantitative estimate of drug-likeness (QED) is 0.835. The number of carbonyl (C=O) groups is 1. The largest absolute Gasteiger partial charge is 0.367 e. The summed E-state index contributed by atoms with van der Waals surface area (Å²) in [6, 6.07) is 13.5. The Labute approximate surface area is 146 Å². The second-order valence-corrected chi connectivity index (χ2v) is 6.11. The summed E-state index contributed by atoms with van der Waals surface area (Å²) in [6.07, 6.45) is 1.70. The molecule has 2 aromatic rings. The minimum absolute atomic E-state index is 0.0321. The molecule has 0 radical (unpaired) electrons. The molecular formula is C18H20ClN3O2. The predicted molar refractivity (Wildman–Crippen MR) is 94.1 cm³/mol. The number of halogens is 1. The van der Waals surface area contributed by atoms with Crippen LogP contribution in [-0.2, 0) is 16.1 Å². The third-order valence-electron chi connectivity index (χ3n) is 4.00. The van der Waals surface area contributed by atoms with E-state index in [-0.39, 0.29) is 12.5 Å². The van der Waals surface area contributed by atoms with E-state index in [0.717, 1.165) is 24.5 Å². The average molecular weight is 346 g/mol. The van der Waals surface area contributed by atoms with Gasteiger partial charge in [0.05, 0.1) is 6.61 Å². The van der Waals surface area contributed by atoms with E-state index in [1.54, 1.807) is 12.3 Å². The zero-order chi connectivity index (χ0) is 16.8. The number of hydrogen-bond acceptors (Lipinski definition) is 4. The summed E-state index contributed by atoms with van der Waals surface area (Å²) in [7, 11) is 0. The van der Waals surface area contributed by atoms with E-state index in [9.17, 15) is 4.79 Å². The first kappa shape index (κ1) is 16.7. The van der Waals surface area contributed by atoms with Gasteiger partial charge in [-0.2, -0.15) is 0 Å². The first-order valence-corrected chi connectivity index (χ1v) is 8.36. The smallest absolute Gasteiger partial charge is 0.248 e. The van der Waals surface area contributed by atoms with Gasteiger partial charge in [-0.1, -0.05) is 41.9 Å². The van der Waals surface area contributed by atoms with Crippen molar-refractivity contribution in [2.45, 2.75) is 6.61 Å². The zero-order valence-corrected chi connectivity index (χ0v) is 14.2. The highest BCUT2D eigenvalue weighted by Gasteiger charge is 2.21. The fraction of sp³-hybridized carbons (Fsp3) is 0.333. The van der Waals surface area contributed by atoms with Gasteiger partial charge >= 0.3 is 0 Å². The predicted octanol–water partition coefficient (Wildman–Crippen LogP) is 2.60. The number of aromatic nitrogens is 1. The normalized spacial score (nSPS) is 14.7. The maximum Gasteiger partial charge on any atom is 0.248 e. The van der Waals surface area contributed by atoms with Crippen LogP contribution in [0.15, 0.2) is 48.7 Å². The molecule has 0 saturated carbocycles. The lowest BCUT2D eigenvalue weighted by Gasteiger charge is -2.35. The number of anilines is 1. The molecule has 1 fully saturated rings. The SMILES string of the molecule is O=C(COCc1ccccc1)N1CCN(c2cc(Cl)ccn2)CC1. The van der Waals surface area contributed by atoms with Gasteiger partial charge in [0.25, 0.3) is 0 Å². The Kier molecular flexibility index (Phi) is 5.67. The lowest BCUT2D eigenvalue weighted by molar-refractivity contribution is -0.136. The van der Waals surface area contributed by atoms with E-state index in [2.05, 4.69) is 9.88 Å². The number of amides is 1. The maximum absolute atomic E-state index is 12.2. The maximum atomic E-state index is 12.2. The van der Waals surface area contributed by atoms with Gasteiger partial charge in [0.1, 0.15) is 12.4 Å². The van der Waals surface area contributed by atoms with E-state index < -0.39 is 0 Å². The number of piperazine rings is 1. The molecule has 1 aromatic heterocycles. The van der Waals surface area contributed by atoms with Gasteiger partial charge in [-0.3, -0.25) is 4.79 Å². The number of carbonyl (C=O) groups excluding carboxylic acids is 1. The number of rotatable bonds is 5. The minimum atomic E-state index is 0.0321. The van der Waals surface area contributed by atoms with E-state index in [4.69, 9.17) is 16.3 Å². The molecule has 1 aliphatic rings. The highest BCUT2D eigenvalue weighted by Crippen LogP contribution is 2.18.